The number of anilines is 1. The molecule has 0 atom stereocenters. The van der Waals surface area contributed by atoms with Gasteiger partial charge in [-0.25, -0.2) is 9.98 Å². The van der Waals surface area contributed by atoms with E-state index in [1.54, 1.807) is 0 Å². The van der Waals surface area contributed by atoms with Crippen LogP contribution < -0.4 is 10.6 Å². The van der Waals surface area contributed by atoms with Gasteiger partial charge in [-0.3, -0.25) is 4.98 Å². The van der Waals surface area contributed by atoms with Gasteiger partial charge in [0.05, 0.1) is 17.4 Å². The zero-order valence-electron chi connectivity index (χ0n) is 17.5. The van der Waals surface area contributed by atoms with E-state index >= 15 is 0 Å². The Kier molecular flexibility index (Phi) is 8.07. The first-order valence-electron chi connectivity index (χ1n) is 10.7. The van der Waals surface area contributed by atoms with Crippen molar-refractivity contribution < 1.29 is 5.11 Å². The number of nitrogens with one attached hydrogen (secondary N) is 2. The van der Waals surface area contributed by atoms with E-state index in [9.17, 15) is 5.11 Å². The van der Waals surface area contributed by atoms with Gasteiger partial charge in [0.2, 0.25) is 5.95 Å². The number of rotatable bonds is 9. The second-order valence-electron chi connectivity index (χ2n) is 7.45. The lowest BCUT2D eigenvalue weighted by atomic mass is 9.96. The number of aliphatic imine (C=N–C) groups is 1. The molecule has 1 fully saturated rings. The molecule has 1 aliphatic carbocycles. The van der Waals surface area contributed by atoms with E-state index < -0.39 is 0 Å². The highest BCUT2D eigenvalue weighted by Crippen LogP contribution is 2.29. The zero-order chi connectivity index (χ0) is 20.5. The number of nitrogens with zero attached hydrogens (tertiary/aromatic N) is 4. The van der Waals surface area contributed by atoms with Crippen molar-refractivity contribution in [3.05, 3.63) is 30.1 Å². The van der Waals surface area contributed by atoms with Gasteiger partial charge in [-0.1, -0.05) is 26.3 Å². The average Bonchev–Trinajstić information content (AvgIpc) is 2.75. The molecule has 29 heavy (non-hydrogen) atoms. The first kappa shape index (κ1) is 21.3. The summed E-state index contributed by atoms with van der Waals surface area (Å²) in [5.74, 6) is 1.25. The van der Waals surface area contributed by atoms with E-state index in [1.165, 1.54) is 0 Å². The smallest absolute Gasteiger partial charge is 0.224 e. The molecule has 1 aliphatic rings. The molecule has 1 saturated carbocycles. The summed E-state index contributed by atoms with van der Waals surface area (Å²) in [5, 5.41) is 16.4. The second-order valence-corrected chi connectivity index (χ2v) is 7.45. The Bertz CT molecular complexity index is 795. The summed E-state index contributed by atoms with van der Waals surface area (Å²) in [6.45, 7) is 6.82. The molecule has 7 nitrogen and oxygen atoms in total. The van der Waals surface area contributed by atoms with Crippen LogP contribution in [-0.4, -0.2) is 45.0 Å². The van der Waals surface area contributed by atoms with E-state index in [1.807, 2.05) is 18.5 Å². The Morgan fingerprint density at radius 3 is 2.66 bits per heavy atom. The van der Waals surface area contributed by atoms with Crippen LogP contribution in [0.4, 0.5) is 11.8 Å². The lowest BCUT2D eigenvalue weighted by molar-refractivity contribution is 0.152. The van der Waals surface area contributed by atoms with Gasteiger partial charge >= 0.3 is 0 Å². The Morgan fingerprint density at radius 2 is 1.97 bits per heavy atom. The molecular weight excluding hydrogens is 364 g/mol. The zero-order valence-corrected chi connectivity index (χ0v) is 17.5. The maximum Gasteiger partial charge on any atom is 0.224 e. The van der Waals surface area contributed by atoms with Crippen LogP contribution >= 0.6 is 0 Å². The molecule has 0 saturated heterocycles. The molecular formula is C22H32N6O. The highest BCUT2D eigenvalue weighted by atomic mass is 16.3. The molecule has 2 aromatic heterocycles. The number of hydrogen-bond acceptors (Lipinski definition) is 7. The molecule has 3 rings (SSSR count). The Labute approximate surface area is 173 Å². The number of aromatic nitrogens is 3. The van der Waals surface area contributed by atoms with Crippen LogP contribution in [0.2, 0.25) is 0 Å². The third-order valence-corrected chi connectivity index (χ3v) is 5.06. The van der Waals surface area contributed by atoms with E-state index in [0.717, 1.165) is 80.7 Å². The molecule has 0 aromatic carbocycles. The molecule has 0 radical (unpaired) electrons. The fourth-order valence-corrected chi connectivity index (χ4v) is 3.26. The monoisotopic (exact) mass is 396 g/mol. The molecule has 0 unspecified atom stereocenters. The summed E-state index contributed by atoms with van der Waals surface area (Å²) in [6.07, 6.45) is 8.81. The van der Waals surface area contributed by atoms with Gasteiger partial charge in [-0.05, 0) is 50.3 Å². The summed E-state index contributed by atoms with van der Waals surface area (Å²) in [5.41, 5.74) is 3.88. The summed E-state index contributed by atoms with van der Waals surface area (Å²) in [6, 6.07) is 4.08. The van der Waals surface area contributed by atoms with Crippen molar-refractivity contribution in [1.82, 2.24) is 20.3 Å². The Balaban J connectivity index is 1.87. The average molecular weight is 397 g/mol. The van der Waals surface area contributed by atoms with Crippen molar-refractivity contribution in [3.63, 3.8) is 0 Å². The first-order chi connectivity index (χ1) is 14.2. The molecule has 7 heteroatoms. The maximum absolute atomic E-state index is 9.77. The van der Waals surface area contributed by atoms with Gasteiger partial charge in [0.1, 0.15) is 0 Å². The third-order valence-electron chi connectivity index (χ3n) is 5.06. The number of aliphatic hydroxyl groups is 1. The minimum Gasteiger partial charge on any atom is -0.393 e. The fourth-order valence-electron chi connectivity index (χ4n) is 3.26. The van der Waals surface area contributed by atoms with Crippen LogP contribution in [0.15, 0.2) is 29.5 Å². The van der Waals surface area contributed by atoms with Crippen molar-refractivity contribution in [3.8, 4) is 11.3 Å². The lowest BCUT2D eigenvalue weighted by Crippen LogP contribution is -2.17. The molecule has 2 aromatic rings. The Morgan fingerprint density at radius 1 is 1.14 bits per heavy atom. The van der Waals surface area contributed by atoms with Crippen LogP contribution in [0.25, 0.3) is 11.3 Å². The molecule has 156 valence electrons. The molecule has 0 bridgehead atoms. The normalized spacial score (nSPS) is 16.7. The largest absolute Gasteiger partial charge is 0.393 e. The van der Waals surface area contributed by atoms with Gasteiger partial charge in [-0.2, -0.15) is 4.98 Å². The van der Waals surface area contributed by atoms with Crippen LogP contribution in [-0.2, 0) is 6.54 Å². The molecule has 2 heterocycles. The van der Waals surface area contributed by atoms with E-state index in [4.69, 9.17) is 4.99 Å². The number of unbranched alkanes of at least 4 members (excludes halogenated alkanes) is 1. The molecule has 0 amide bonds. The van der Waals surface area contributed by atoms with Gasteiger partial charge in [0.15, 0.2) is 5.82 Å². The van der Waals surface area contributed by atoms with Crippen LogP contribution in [0.5, 0.6) is 0 Å². The predicted molar refractivity (Wildman–Crippen MR) is 118 cm³/mol. The minimum absolute atomic E-state index is 0.212. The van der Waals surface area contributed by atoms with Crippen molar-refractivity contribution in [2.75, 3.05) is 18.4 Å². The SMILES string of the molecule is CCCCNc1ncc(-c2ccc(CNCC)cn2)c(N=C2CCC(O)CC2)n1. The Hall–Kier alpha value is -2.38. The van der Waals surface area contributed by atoms with Crippen molar-refractivity contribution in [2.45, 2.75) is 65.0 Å². The number of hydrogen-bond donors (Lipinski definition) is 3. The first-order valence-corrected chi connectivity index (χ1v) is 10.7. The quantitative estimate of drug-likeness (QED) is 0.557. The van der Waals surface area contributed by atoms with Crippen LogP contribution in [0, 0.1) is 0 Å². The van der Waals surface area contributed by atoms with Crippen molar-refractivity contribution in [1.29, 1.82) is 0 Å². The minimum atomic E-state index is -0.212. The van der Waals surface area contributed by atoms with Gasteiger partial charge in [0.25, 0.3) is 0 Å². The standard InChI is InChI=1S/C22H32N6O/c1-3-5-12-24-22-26-15-19(20-11-6-16(14-25-20)13-23-4-2)21(28-22)27-17-7-9-18(29)10-8-17/h6,11,14-15,18,23,29H,3-5,7-10,12-13H2,1-2H3,(H,24,26,28). The maximum atomic E-state index is 9.77. The van der Waals surface area contributed by atoms with Gasteiger partial charge in [-0.15, -0.1) is 0 Å². The third kappa shape index (κ3) is 6.30. The lowest BCUT2D eigenvalue weighted by Gasteiger charge is -2.18. The summed E-state index contributed by atoms with van der Waals surface area (Å²) in [7, 11) is 0. The van der Waals surface area contributed by atoms with Crippen LogP contribution in [0.1, 0.15) is 57.9 Å². The van der Waals surface area contributed by atoms with E-state index in [2.05, 4.69) is 45.5 Å². The molecule has 0 aliphatic heterocycles. The van der Waals surface area contributed by atoms with Crippen LogP contribution in [0.3, 0.4) is 0 Å². The van der Waals surface area contributed by atoms with Crippen molar-refractivity contribution >= 4 is 17.5 Å². The highest BCUT2D eigenvalue weighted by molar-refractivity contribution is 5.89. The summed E-state index contributed by atoms with van der Waals surface area (Å²) >= 11 is 0. The molecule has 3 N–H and O–H groups in total. The van der Waals surface area contributed by atoms with Crippen molar-refractivity contribution in [2.24, 2.45) is 4.99 Å². The van der Waals surface area contributed by atoms with E-state index in [-0.39, 0.29) is 6.10 Å². The number of pyridine rings is 1. The highest BCUT2D eigenvalue weighted by Gasteiger charge is 2.17. The molecule has 0 spiro atoms. The van der Waals surface area contributed by atoms with Gasteiger partial charge in [0, 0.05) is 31.2 Å². The topological polar surface area (TPSA) is 95.3 Å². The van der Waals surface area contributed by atoms with Gasteiger partial charge < -0.3 is 15.7 Å². The fraction of sp³-hybridized carbons (Fsp3) is 0.545. The number of aliphatic hydroxyl groups excluding tert-OH is 1. The second kappa shape index (κ2) is 11.0. The summed E-state index contributed by atoms with van der Waals surface area (Å²) in [4.78, 5) is 18.6. The van der Waals surface area contributed by atoms with E-state index in [0.29, 0.717) is 11.8 Å². The predicted octanol–water partition coefficient (Wildman–Crippen LogP) is 3.87. The summed E-state index contributed by atoms with van der Waals surface area (Å²) < 4.78 is 0.